The maximum Gasteiger partial charge on any atom is 0.123 e. The molecule has 0 spiro atoms. The molecule has 2 aromatic carbocycles. The predicted molar refractivity (Wildman–Crippen MR) is 86.5 cm³/mol. The molecule has 0 saturated heterocycles. The first kappa shape index (κ1) is 14.2. The van der Waals surface area contributed by atoms with Gasteiger partial charge in [-0.25, -0.2) is 0 Å². The number of hydrogen-bond acceptors (Lipinski definition) is 2. The number of ether oxygens (including phenoxy) is 1. The molecular weight excluding hydrogens is 258 g/mol. The predicted octanol–water partition coefficient (Wildman–Crippen LogP) is 3.89. The zero-order valence-electron chi connectivity index (χ0n) is 12.8. The van der Waals surface area contributed by atoms with Crippen LogP contribution in [-0.4, -0.2) is 6.10 Å². The lowest BCUT2D eigenvalue weighted by molar-refractivity contribution is 0.200. The van der Waals surface area contributed by atoms with Crippen molar-refractivity contribution >= 4 is 0 Å². The van der Waals surface area contributed by atoms with Gasteiger partial charge in [0.1, 0.15) is 11.9 Å². The molecule has 1 heterocycles. The van der Waals surface area contributed by atoms with E-state index in [0.717, 1.165) is 24.2 Å². The van der Waals surface area contributed by atoms with Crippen LogP contribution < -0.4 is 10.5 Å². The zero-order valence-corrected chi connectivity index (χ0v) is 12.8. The molecule has 1 aliphatic heterocycles. The second-order valence-electron chi connectivity index (χ2n) is 6.33. The largest absolute Gasteiger partial charge is 0.488 e. The molecular formula is C19H23NO. The van der Waals surface area contributed by atoms with E-state index in [4.69, 9.17) is 10.5 Å². The van der Waals surface area contributed by atoms with Crippen molar-refractivity contribution in [1.29, 1.82) is 0 Å². The Morgan fingerprint density at radius 3 is 2.48 bits per heavy atom. The van der Waals surface area contributed by atoms with Gasteiger partial charge in [0, 0.05) is 6.42 Å². The summed E-state index contributed by atoms with van der Waals surface area (Å²) in [5.41, 5.74) is 10.2. The Balaban J connectivity index is 1.70. The van der Waals surface area contributed by atoms with E-state index >= 15 is 0 Å². The number of hydrogen-bond donors (Lipinski definition) is 1. The molecule has 0 radical (unpaired) electrons. The molecule has 2 unspecified atom stereocenters. The third-order valence-corrected chi connectivity index (χ3v) is 4.08. The summed E-state index contributed by atoms with van der Waals surface area (Å²) in [7, 11) is 0. The molecule has 0 bridgehead atoms. The first-order chi connectivity index (χ1) is 10.1. The van der Waals surface area contributed by atoms with E-state index in [-0.39, 0.29) is 12.1 Å². The van der Waals surface area contributed by atoms with Crippen LogP contribution in [0.2, 0.25) is 0 Å². The van der Waals surface area contributed by atoms with Crippen LogP contribution in [0.25, 0.3) is 0 Å². The molecule has 3 rings (SSSR count). The van der Waals surface area contributed by atoms with Crippen LogP contribution >= 0.6 is 0 Å². The summed E-state index contributed by atoms with van der Waals surface area (Å²) in [6.07, 6.45) is 2.05. The average molecular weight is 281 g/mol. The molecule has 0 aliphatic carbocycles. The van der Waals surface area contributed by atoms with Crippen molar-refractivity contribution in [2.45, 2.75) is 38.8 Å². The molecule has 2 N–H and O–H groups in total. The van der Waals surface area contributed by atoms with Crippen LogP contribution in [0.3, 0.4) is 0 Å². The van der Waals surface area contributed by atoms with E-state index in [0.29, 0.717) is 5.92 Å². The van der Waals surface area contributed by atoms with Crippen molar-refractivity contribution in [1.82, 2.24) is 0 Å². The first-order valence-electron chi connectivity index (χ1n) is 7.72. The lowest BCUT2D eigenvalue weighted by Crippen LogP contribution is -2.29. The van der Waals surface area contributed by atoms with Gasteiger partial charge in [-0.15, -0.1) is 0 Å². The molecule has 2 nitrogen and oxygen atoms in total. The maximum atomic E-state index is 6.41. The van der Waals surface area contributed by atoms with Gasteiger partial charge in [0.2, 0.25) is 0 Å². The van der Waals surface area contributed by atoms with E-state index in [1.54, 1.807) is 0 Å². The second kappa shape index (κ2) is 5.90. The Morgan fingerprint density at radius 1 is 1.10 bits per heavy atom. The van der Waals surface area contributed by atoms with Crippen molar-refractivity contribution in [3.05, 3.63) is 65.2 Å². The maximum absolute atomic E-state index is 6.41. The molecule has 0 amide bonds. The van der Waals surface area contributed by atoms with Crippen LogP contribution in [0.4, 0.5) is 0 Å². The highest BCUT2D eigenvalue weighted by molar-refractivity contribution is 5.38. The fraction of sp³-hybridized carbons (Fsp3) is 0.368. The van der Waals surface area contributed by atoms with Crippen LogP contribution in [0.1, 0.15) is 36.6 Å². The van der Waals surface area contributed by atoms with Crippen molar-refractivity contribution in [3.8, 4) is 5.75 Å². The highest BCUT2D eigenvalue weighted by atomic mass is 16.5. The van der Waals surface area contributed by atoms with Crippen LogP contribution in [0.15, 0.2) is 48.5 Å². The second-order valence-corrected chi connectivity index (χ2v) is 6.33. The minimum absolute atomic E-state index is 0.0401. The summed E-state index contributed by atoms with van der Waals surface area (Å²) < 4.78 is 5.99. The summed E-state index contributed by atoms with van der Waals surface area (Å²) >= 11 is 0. The van der Waals surface area contributed by atoms with E-state index in [9.17, 15) is 0 Å². The highest BCUT2D eigenvalue weighted by Gasteiger charge is 2.28. The van der Waals surface area contributed by atoms with Crippen molar-refractivity contribution in [2.75, 3.05) is 0 Å². The Hall–Kier alpha value is -1.80. The Bertz CT molecular complexity index is 578. The number of rotatable bonds is 4. The van der Waals surface area contributed by atoms with Gasteiger partial charge in [-0.2, -0.15) is 0 Å². The number of nitrogens with two attached hydrogens (primary N) is 1. The van der Waals surface area contributed by atoms with Crippen molar-refractivity contribution < 1.29 is 4.74 Å². The molecule has 0 fully saturated rings. The van der Waals surface area contributed by atoms with E-state index < -0.39 is 0 Å². The van der Waals surface area contributed by atoms with Gasteiger partial charge in [-0.3, -0.25) is 0 Å². The fourth-order valence-corrected chi connectivity index (χ4v) is 2.97. The summed E-state index contributed by atoms with van der Waals surface area (Å²) in [6.45, 7) is 4.48. The normalized spacial score (nSPS) is 18.4. The third-order valence-electron chi connectivity index (χ3n) is 4.08. The molecule has 2 atom stereocenters. The van der Waals surface area contributed by atoms with E-state index in [2.05, 4.69) is 50.2 Å². The topological polar surface area (TPSA) is 35.2 Å². The Morgan fingerprint density at radius 2 is 1.81 bits per heavy atom. The van der Waals surface area contributed by atoms with E-state index in [1.807, 2.05) is 12.1 Å². The van der Waals surface area contributed by atoms with Gasteiger partial charge < -0.3 is 10.5 Å². The van der Waals surface area contributed by atoms with Gasteiger partial charge >= 0.3 is 0 Å². The number of para-hydroxylation sites is 1. The molecule has 2 heteroatoms. The lowest BCUT2D eigenvalue weighted by atomic mass is 9.96. The van der Waals surface area contributed by atoms with E-state index in [1.165, 1.54) is 11.1 Å². The van der Waals surface area contributed by atoms with Crippen LogP contribution in [0.5, 0.6) is 5.75 Å². The van der Waals surface area contributed by atoms with Gasteiger partial charge in [0.25, 0.3) is 0 Å². The number of fused-ring (bicyclic) bond motifs is 1. The zero-order chi connectivity index (χ0) is 14.8. The summed E-state index contributed by atoms with van der Waals surface area (Å²) in [5, 5.41) is 0. The minimum atomic E-state index is -0.0782. The molecule has 110 valence electrons. The smallest absolute Gasteiger partial charge is 0.123 e. The molecule has 2 aromatic rings. The molecule has 0 saturated carbocycles. The molecule has 21 heavy (non-hydrogen) atoms. The molecule has 0 aromatic heterocycles. The summed E-state index contributed by atoms with van der Waals surface area (Å²) in [5.74, 6) is 1.66. The summed E-state index contributed by atoms with van der Waals surface area (Å²) in [4.78, 5) is 0. The average Bonchev–Trinajstić information content (AvgIpc) is 2.90. The minimum Gasteiger partial charge on any atom is -0.488 e. The van der Waals surface area contributed by atoms with Gasteiger partial charge in [0.05, 0.1) is 6.04 Å². The van der Waals surface area contributed by atoms with Gasteiger partial charge in [-0.1, -0.05) is 56.3 Å². The quantitative estimate of drug-likeness (QED) is 0.922. The Labute approximate surface area is 126 Å². The van der Waals surface area contributed by atoms with Crippen molar-refractivity contribution in [2.24, 2.45) is 11.7 Å². The SMILES string of the molecule is CC(C)Cc1ccc(C(N)C2Cc3ccccc3O2)cc1. The van der Waals surface area contributed by atoms with Crippen LogP contribution in [0, 0.1) is 5.92 Å². The lowest BCUT2D eigenvalue weighted by Gasteiger charge is -2.20. The molecule has 1 aliphatic rings. The van der Waals surface area contributed by atoms with Crippen LogP contribution in [-0.2, 0) is 12.8 Å². The van der Waals surface area contributed by atoms with Crippen molar-refractivity contribution in [3.63, 3.8) is 0 Å². The summed E-state index contributed by atoms with van der Waals surface area (Å²) in [6, 6.07) is 16.8. The van der Waals surface area contributed by atoms with Gasteiger partial charge in [-0.05, 0) is 35.1 Å². The number of benzene rings is 2. The monoisotopic (exact) mass is 281 g/mol. The Kier molecular flexibility index (Phi) is 3.98. The standard InChI is InChI=1S/C19H23NO/c1-13(2)11-14-7-9-15(10-8-14)19(20)18-12-16-5-3-4-6-17(16)21-18/h3-10,13,18-19H,11-12,20H2,1-2H3. The van der Waals surface area contributed by atoms with Gasteiger partial charge in [0.15, 0.2) is 0 Å². The fourth-order valence-electron chi connectivity index (χ4n) is 2.97. The third kappa shape index (κ3) is 3.11. The highest BCUT2D eigenvalue weighted by Crippen LogP contribution is 2.33. The first-order valence-corrected chi connectivity index (χ1v) is 7.72.